The molecule has 1 atom stereocenters. The van der Waals surface area contributed by atoms with Gasteiger partial charge >= 0.3 is 0 Å². The topological polar surface area (TPSA) is 55.9 Å². The summed E-state index contributed by atoms with van der Waals surface area (Å²) in [4.78, 5) is 0. The van der Waals surface area contributed by atoms with Gasteiger partial charge in [0.25, 0.3) is 0 Å². The first-order valence-electron chi connectivity index (χ1n) is 6.20. The minimum atomic E-state index is 0.437. The van der Waals surface area contributed by atoms with Crippen LogP contribution in [0.5, 0.6) is 0 Å². The summed E-state index contributed by atoms with van der Waals surface area (Å²) in [7, 11) is 1.95. The van der Waals surface area contributed by atoms with Gasteiger partial charge in [-0.2, -0.15) is 5.10 Å². The van der Waals surface area contributed by atoms with Crippen molar-refractivity contribution in [2.24, 2.45) is 12.9 Å². The van der Waals surface area contributed by atoms with Crippen LogP contribution in [0, 0.1) is 0 Å². The van der Waals surface area contributed by atoms with Crippen LogP contribution in [0.4, 0.5) is 0 Å². The average Bonchev–Trinajstić information content (AvgIpc) is 2.69. The number of hydrogen-bond acceptors (Lipinski definition) is 3. The van der Waals surface area contributed by atoms with Crippen LogP contribution in [-0.4, -0.2) is 15.8 Å². The lowest BCUT2D eigenvalue weighted by atomic mass is 10.0. The number of nitrogens with zero attached hydrogens (tertiary/aromatic N) is 2. The summed E-state index contributed by atoms with van der Waals surface area (Å²) in [5.74, 6) is 5.55. The van der Waals surface area contributed by atoms with Gasteiger partial charge in [-0.1, -0.05) is 26.2 Å². The van der Waals surface area contributed by atoms with Crippen molar-refractivity contribution >= 4 is 0 Å². The summed E-state index contributed by atoms with van der Waals surface area (Å²) in [5, 5.41) is 4.16. The van der Waals surface area contributed by atoms with Crippen molar-refractivity contribution in [3.05, 3.63) is 18.0 Å². The Morgan fingerprint density at radius 1 is 1.44 bits per heavy atom. The van der Waals surface area contributed by atoms with E-state index in [1.807, 2.05) is 17.9 Å². The maximum absolute atomic E-state index is 5.55. The molecule has 0 radical (unpaired) electrons. The summed E-state index contributed by atoms with van der Waals surface area (Å²) in [6.07, 6.45) is 11.1. The Morgan fingerprint density at radius 2 is 2.25 bits per heavy atom. The third-order valence-electron chi connectivity index (χ3n) is 2.93. The first-order chi connectivity index (χ1) is 7.76. The highest BCUT2D eigenvalue weighted by Gasteiger charge is 2.07. The lowest BCUT2D eigenvalue weighted by Crippen LogP contribution is -2.35. The first kappa shape index (κ1) is 13.2. The highest BCUT2D eigenvalue weighted by molar-refractivity contribution is 5.03. The minimum Gasteiger partial charge on any atom is -0.276 e. The lowest BCUT2D eigenvalue weighted by Gasteiger charge is -2.14. The number of unbranched alkanes of at least 4 members (excludes halogenated alkanes) is 2. The molecule has 0 aliphatic heterocycles. The second-order valence-electron chi connectivity index (χ2n) is 4.42. The maximum Gasteiger partial charge on any atom is 0.0521 e. The Kier molecular flexibility index (Phi) is 6.11. The van der Waals surface area contributed by atoms with Crippen molar-refractivity contribution in [1.29, 1.82) is 0 Å². The van der Waals surface area contributed by atoms with E-state index in [9.17, 15) is 0 Å². The van der Waals surface area contributed by atoms with Crippen LogP contribution >= 0.6 is 0 Å². The van der Waals surface area contributed by atoms with Gasteiger partial charge in [0.1, 0.15) is 0 Å². The third-order valence-corrected chi connectivity index (χ3v) is 2.93. The molecule has 0 aromatic carbocycles. The predicted molar refractivity (Wildman–Crippen MR) is 66.8 cm³/mol. The first-order valence-corrected chi connectivity index (χ1v) is 6.20. The number of hydrogen-bond donors (Lipinski definition) is 2. The SMILES string of the molecule is CCCCCC(CCc1cnn(C)c1)NN. The second kappa shape index (κ2) is 7.41. The van der Waals surface area contributed by atoms with Crippen LogP contribution in [-0.2, 0) is 13.5 Å². The van der Waals surface area contributed by atoms with E-state index in [4.69, 9.17) is 5.84 Å². The molecule has 3 N–H and O–H groups in total. The van der Waals surface area contributed by atoms with Crippen molar-refractivity contribution in [2.45, 2.75) is 51.5 Å². The summed E-state index contributed by atoms with van der Waals surface area (Å²) in [6.45, 7) is 2.22. The van der Waals surface area contributed by atoms with Crippen LogP contribution in [0.15, 0.2) is 12.4 Å². The molecule has 0 fully saturated rings. The van der Waals surface area contributed by atoms with E-state index in [-0.39, 0.29) is 0 Å². The zero-order valence-corrected chi connectivity index (χ0v) is 10.4. The summed E-state index contributed by atoms with van der Waals surface area (Å²) in [5.41, 5.74) is 4.20. The van der Waals surface area contributed by atoms with Gasteiger partial charge in [0.2, 0.25) is 0 Å². The molecule has 0 saturated heterocycles. The zero-order valence-electron chi connectivity index (χ0n) is 10.4. The molecule has 0 bridgehead atoms. The van der Waals surface area contributed by atoms with Crippen molar-refractivity contribution in [1.82, 2.24) is 15.2 Å². The summed E-state index contributed by atoms with van der Waals surface area (Å²) >= 11 is 0. The molecule has 16 heavy (non-hydrogen) atoms. The molecule has 1 rings (SSSR count). The van der Waals surface area contributed by atoms with Crippen molar-refractivity contribution < 1.29 is 0 Å². The average molecular weight is 224 g/mol. The molecular formula is C12H24N4. The van der Waals surface area contributed by atoms with Gasteiger partial charge in [-0.15, -0.1) is 0 Å². The molecule has 0 spiro atoms. The van der Waals surface area contributed by atoms with Gasteiger partial charge in [0.15, 0.2) is 0 Å². The maximum atomic E-state index is 5.55. The Morgan fingerprint density at radius 3 is 2.81 bits per heavy atom. The van der Waals surface area contributed by atoms with Crippen LogP contribution in [0.1, 0.15) is 44.6 Å². The number of aromatic nitrogens is 2. The van der Waals surface area contributed by atoms with Crippen molar-refractivity contribution in [2.75, 3.05) is 0 Å². The molecule has 4 heteroatoms. The van der Waals surface area contributed by atoms with Gasteiger partial charge in [0.05, 0.1) is 6.20 Å². The minimum absolute atomic E-state index is 0.437. The number of nitrogens with two attached hydrogens (primary N) is 1. The van der Waals surface area contributed by atoms with Gasteiger partial charge in [-0.05, 0) is 24.8 Å². The molecule has 4 nitrogen and oxygen atoms in total. The quantitative estimate of drug-likeness (QED) is 0.402. The Bertz CT molecular complexity index is 282. The van der Waals surface area contributed by atoms with Crippen LogP contribution in [0.25, 0.3) is 0 Å². The monoisotopic (exact) mass is 224 g/mol. The second-order valence-corrected chi connectivity index (χ2v) is 4.42. The fraction of sp³-hybridized carbons (Fsp3) is 0.750. The number of nitrogens with one attached hydrogen (secondary N) is 1. The molecule has 0 aliphatic rings. The van der Waals surface area contributed by atoms with Crippen LogP contribution < -0.4 is 11.3 Å². The summed E-state index contributed by atoms with van der Waals surface area (Å²) < 4.78 is 1.84. The third kappa shape index (κ3) is 4.77. The molecule has 1 heterocycles. The van der Waals surface area contributed by atoms with E-state index >= 15 is 0 Å². The van der Waals surface area contributed by atoms with Crippen LogP contribution in [0.3, 0.4) is 0 Å². The van der Waals surface area contributed by atoms with Crippen LogP contribution in [0.2, 0.25) is 0 Å². The molecule has 1 unspecified atom stereocenters. The molecule has 0 aliphatic carbocycles. The highest BCUT2D eigenvalue weighted by atomic mass is 15.2. The van der Waals surface area contributed by atoms with E-state index in [0.29, 0.717) is 6.04 Å². The molecule has 0 saturated carbocycles. The Labute approximate surface area is 98.2 Å². The van der Waals surface area contributed by atoms with Gasteiger partial charge in [0, 0.05) is 19.3 Å². The highest BCUT2D eigenvalue weighted by Crippen LogP contribution is 2.09. The number of aryl methyl sites for hydroxylation is 2. The molecular weight excluding hydrogens is 200 g/mol. The standard InChI is InChI=1S/C12H24N4/c1-3-4-5-6-12(15-13)8-7-11-9-14-16(2)10-11/h9-10,12,15H,3-8,13H2,1-2H3. The van der Waals surface area contributed by atoms with E-state index in [1.165, 1.54) is 31.2 Å². The van der Waals surface area contributed by atoms with E-state index < -0.39 is 0 Å². The Hall–Kier alpha value is -0.870. The molecule has 1 aromatic rings. The Balaban J connectivity index is 2.22. The van der Waals surface area contributed by atoms with Gasteiger partial charge in [-0.25, -0.2) is 0 Å². The number of rotatable bonds is 8. The van der Waals surface area contributed by atoms with Gasteiger partial charge < -0.3 is 0 Å². The molecule has 0 amide bonds. The lowest BCUT2D eigenvalue weighted by molar-refractivity contribution is 0.444. The molecule has 1 aromatic heterocycles. The number of hydrazine groups is 1. The van der Waals surface area contributed by atoms with E-state index in [1.54, 1.807) is 0 Å². The van der Waals surface area contributed by atoms with Crippen molar-refractivity contribution in [3.8, 4) is 0 Å². The molecule has 92 valence electrons. The van der Waals surface area contributed by atoms with E-state index in [2.05, 4.69) is 23.6 Å². The fourth-order valence-corrected chi connectivity index (χ4v) is 1.89. The van der Waals surface area contributed by atoms with Gasteiger partial charge in [-0.3, -0.25) is 16.0 Å². The largest absolute Gasteiger partial charge is 0.276 e. The zero-order chi connectivity index (χ0) is 11.8. The summed E-state index contributed by atoms with van der Waals surface area (Å²) in [6, 6.07) is 0.437. The fourth-order valence-electron chi connectivity index (χ4n) is 1.89. The van der Waals surface area contributed by atoms with Crippen molar-refractivity contribution in [3.63, 3.8) is 0 Å². The predicted octanol–water partition coefficient (Wildman–Crippen LogP) is 1.76. The van der Waals surface area contributed by atoms with E-state index in [0.717, 1.165) is 12.8 Å². The normalized spacial score (nSPS) is 12.9. The smallest absolute Gasteiger partial charge is 0.0521 e.